The Hall–Kier alpha value is -2.10. The molecular weight excluding hydrogens is 442 g/mol. The fourth-order valence-corrected chi connectivity index (χ4v) is 4.34. The molecule has 0 radical (unpaired) electrons. The lowest BCUT2D eigenvalue weighted by atomic mass is 10.1. The minimum atomic E-state index is -3.77. The molecule has 3 rings (SSSR count). The number of nitrogens with zero attached hydrogens (tertiary/aromatic N) is 1. The third-order valence-electron chi connectivity index (χ3n) is 4.09. The van der Waals surface area contributed by atoms with Crippen molar-refractivity contribution in [3.63, 3.8) is 0 Å². The number of anilines is 1. The van der Waals surface area contributed by atoms with Gasteiger partial charge in [-0.15, -0.1) is 0 Å². The van der Waals surface area contributed by atoms with Crippen LogP contribution in [0, 0.1) is 11.6 Å². The summed E-state index contributed by atoms with van der Waals surface area (Å²) in [6.45, 7) is 0.104. The summed E-state index contributed by atoms with van der Waals surface area (Å²) in [7, 11) is -3.77. The molecule has 0 fully saturated rings. The molecule has 0 unspecified atom stereocenters. The van der Waals surface area contributed by atoms with E-state index in [2.05, 4.69) is 21.2 Å². The van der Waals surface area contributed by atoms with Gasteiger partial charge in [-0.2, -0.15) is 4.31 Å². The number of nitrogens with one attached hydrogen (secondary N) is 1. The smallest absolute Gasteiger partial charge is 0.251 e. The number of carbonyl (C=O) groups is 1. The van der Waals surface area contributed by atoms with Gasteiger partial charge in [0.15, 0.2) is 0 Å². The van der Waals surface area contributed by atoms with E-state index in [1.54, 1.807) is 6.07 Å². The topological polar surface area (TPSA) is 66.5 Å². The van der Waals surface area contributed by atoms with Gasteiger partial charge in [0.1, 0.15) is 11.6 Å². The van der Waals surface area contributed by atoms with Gasteiger partial charge in [-0.1, -0.05) is 22.0 Å². The molecule has 2 aromatic carbocycles. The summed E-state index contributed by atoms with van der Waals surface area (Å²) in [6, 6.07) is 8.84. The van der Waals surface area contributed by atoms with E-state index in [0.29, 0.717) is 10.0 Å². The molecule has 1 aliphatic heterocycles. The summed E-state index contributed by atoms with van der Waals surface area (Å²) < 4.78 is 53.7. The molecule has 0 bridgehead atoms. The van der Waals surface area contributed by atoms with Crippen molar-refractivity contribution < 1.29 is 22.0 Å². The van der Waals surface area contributed by atoms with Gasteiger partial charge in [0.05, 0.1) is 10.6 Å². The number of halogens is 3. The molecule has 1 amide bonds. The number of sulfonamides is 1. The SMILES string of the molecule is O=C(Nc1ccc(Br)cc1F)C1=CCN(S(=O)(=O)c2ccc(F)cc2)CC1. The predicted molar refractivity (Wildman–Crippen MR) is 101 cm³/mol. The summed E-state index contributed by atoms with van der Waals surface area (Å²) in [5.41, 5.74) is 0.424. The van der Waals surface area contributed by atoms with E-state index >= 15 is 0 Å². The fourth-order valence-electron chi connectivity index (χ4n) is 2.62. The molecule has 0 saturated carbocycles. The normalized spacial score (nSPS) is 15.3. The molecule has 0 spiro atoms. The lowest BCUT2D eigenvalue weighted by Crippen LogP contribution is -2.36. The molecule has 2 aromatic rings. The third kappa shape index (κ3) is 4.42. The predicted octanol–water partition coefficient (Wildman–Crippen LogP) is 3.69. The Morgan fingerprint density at radius 2 is 1.81 bits per heavy atom. The van der Waals surface area contributed by atoms with Crippen LogP contribution in [0.2, 0.25) is 0 Å². The molecule has 5 nitrogen and oxygen atoms in total. The van der Waals surface area contributed by atoms with Crippen molar-refractivity contribution in [2.24, 2.45) is 0 Å². The molecule has 1 N–H and O–H groups in total. The van der Waals surface area contributed by atoms with Crippen LogP contribution in [-0.2, 0) is 14.8 Å². The average Bonchev–Trinajstić information content (AvgIpc) is 2.64. The summed E-state index contributed by atoms with van der Waals surface area (Å²) in [5, 5.41) is 2.49. The standard InChI is InChI=1S/C18H15BrF2N2O3S/c19-13-1-6-17(16(21)11-13)22-18(24)12-7-9-23(10-8-12)27(25,26)15-4-2-14(20)3-5-15/h1-7,11H,8-10H2,(H,22,24). The van der Waals surface area contributed by atoms with Crippen molar-refractivity contribution in [3.8, 4) is 0 Å². The molecular formula is C18H15BrF2N2O3S. The maximum absolute atomic E-state index is 13.8. The number of hydrogen-bond acceptors (Lipinski definition) is 3. The summed E-state index contributed by atoms with van der Waals surface area (Å²) >= 11 is 3.14. The Balaban J connectivity index is 1.70. The Bertz CT molecular complexity index is 1010. The summed E-state index contributed by atoms with van der Waals surface area (Å²) in [5.74, 6) is -1.57. The van der Waals surface area contributed by atoms with Gasteiger partial charge in [0.25, 0.3) is 5.91 Å². The van der Waals surface area contributed by atoms with Gasteiger partial charge in [-0.25, -0.2) is 17.2 Å². The van der Waals surface area contributed by atoms with Crippen molar-refractivity contribution >= 4 is 37.5 Å². The number of amides is 1. The lowest BCUT2D eigenvalue weighted by Gasteiger charge is -2.25. The Labute approximate surface area is 163 Å². The van der Waals surface area contributed by atoms with Crippen LogP contribution in [-0.4, -0.2) is 31.7 Å². The minimum absolute atomic E-state index is 0.00524. The van der Waals surface area contributed by atoms with Gasteiger partial charge in [-0.3, -0.25) is 4.79 Å². The third-order valence-corrected chi connectivity index (χ3v) is 6.47. The van der Waals surface area contributed by atoms with Crippen molar-refractivity contribution in [1.82, 2.24) is 4.31 Å². The number of hydrogen-bond donors (Lipinski definition) is 1. The van der Waals surface area contributed by atoms with E-state index in [9.17, 15) is 22.0 Å². The maximum atomic E-state index is 13.8. The molecule has 0 atom stereocenters. The zero-order valence-corrected chi connectivity index (χ0v) is 16.4. The van der Waals surface area contributed by atoms with Crippen molar-refractivity contribution in [3.05, 3.63) is 70.2 Å². The van der Waals surface area contributed by atoms with E-state index in [4.69, 9.17) is 0 Å². The highest BCUT2D eigenvalue weighted by Crippen LogP contribution is 2.23. The minimum Gasteiger partial charge on any atom is -0.320 e. The Morgan fingerprint density at radius 3 is 2.41 bits per heavy atom. The van der Waals surface area contributed by atoms with E-state index < -0.39 is 27.6 Å². The highest BCUT2D eigenvalue weighted by atomic mass is 79.9. The highest BCUT2D eigenvalue weighted by molar-refractivity contribution is 9.10. The zero-order valence-electron chi connectivity index (χ0n) is 14.0. The molecule has 27 heavy (non-hydrogen) atoms. The molecule has 0 aliphatic carbocycles. The van der Waals surface area contributed by atoms with Crippen LogP contribution >= 0.6 is 15.9 Å². The number of benzene rings is 2. The summed E-state index contributed by atoms with van der Waals surface area (Å²) in [4.78, 5) is 12.3. The first-order valence-corrected chi connectivity index (χ1v) is 10.2. The van der Waals surface area contributed by atoms with Crippen LogP contribution in [0.5, 0.6) is 0 Å². The molecule has 0 aromatic heterocycles. The van der Waals surface area contributed by atoms with Gasteiger partial charge in [0, 0.05) is 23.1 Å². The van der Waals surface area contributed by atoms with Crippen molar-refractivity contribution in [2.45, 2.75) is 11.3 Å². The first-order chi connectivity index (χ1) is 12.8. The Kier molecular flexibility index (Phi) is 5.73. The van der Waals surface area contributed by atoms with Crippen LogP contribution in [0.1, 0.15) is 6.42 Å². The van der Waals surface area contributed by atoms with Gasteiger partial charge >= 0.3 is 0 Å². The van der Waals surface area contributed by atoms with Crippen molar-refractivity contribution in [2.75, 3.05) is 18.4 Å². The average molecular weight is 457 g/mol. The van der Waals surface area contributed by atoms with Crippen LogP contribution in [0.15, 0.2) is 63.5 Å². The quantitative estimate of drug-likeness (QED) is 0.762. The summed E-state index contributed by atoms with van der Waals surface area (Å²) in [6.07, 6.45) is 1.68. The van der Waals surface area contributed by atoms with Gasteiger partial charge < -0.3 is 5.32 Å². The first kappa shape index (κ1) is 19.7. The second-order valence-corrected chi connectivity index (χ2v) is 8.73. The maximum Gasteiger partial charge on any atom is 0.251 e. The lowest BCUT2D eigenvalue weighted by molar-refractivity contribution is -0.113. The van der Waals surface area contributed by atoms with Crippen LogP contribution in [0.3, 0.4) is 0 Å². The molecule has 9 heteroatoms. The highest BCUT2D eigenvalue weighted by Gasteiger charge is 2.27. The van der Waals surface area contributed by atoms with Gasteiger partial charge in [0.2, 0.25) is 10.0 Å². The van der Waals surface area contributed by atoms with Crippen LogP contribution < -0.4 is 5.32 Å². The largest absolute Gasteiger partial charge is 0.320 e. The Morgan fingerprint density at radius 1 is 1.11 bits per heavy atom. The first-order valence-electron chi connectivity index (χ1n) is 7.98. The monoisotopic (exact) mass is 456 g/mol. The molecule has 1 aliphatic rings. The second kappa shape index (κ2) is 7.87. The molecule has 0 saturated heterocycles. The second-order valence-electron chi connectivity index (χ2n) is 5.87. The van der Waals surface area contributed by atoms with E-state index in [-0.39, 0.29) is 30.1 Å². The number of rotatable bonds is 4. The molecule has 142 valence electrons. The van der Waals surface area contributed by atoms with E-state index in [1.165, 1.54) is 34.6 Å². The van der Waals surface area contributed by atoms with Crippen molar-refractivity contribution in [1.29, 1.82) is 0 Å². The molecule has 1 heterocycles. The zero-order chi connectivity index (χ0) is 19.6. The fraction of sp³-hybridized carbons (Fsp3) is 0.167. The number of carbonyl (C=O) groups excluding carboxylic acids is 1. The van der Waals surface area contributed by atoms with E-state index in [0.717, 1.165) is 12.1 Å². The van der Waals surface area contributed by atoms with E-state index in [1.807, 2.05) is 0 Å². The van der Waals surface area contributed by atoms with Crippen LogP contribution in [0.25, 0.3) is 0 Å². The van der Waals surface area contributed by atoms with Crippen LogP contribution in [0.4, 0.5) is 14.5 Å². The van der Waals surface area contributed by atoms with Gasteiger partial charge in [-0.05, 0) is 48.9 Å².